The van der Waals surface area contributed by atoms with Crippen molar-refractivity contribution >= 4 is 0 Å². The molecular weight excluding hydrogens is 266 g/mol. The summed E-state index contributed by atoms with van der Waals surface area (Å²) >= 11 is 0. The molecule has 3 aliphatic rings. The van der Waals surface area contributed by atoms with Crippen LogP contribution < -0.4 is 5.32 Å². The second kappa shape index (κ2) is 7.69. The third kappa shape index (κ3) is 4.49. The molecule has 1 aliphatic heterocycles. The van der Waals surface area contributed by atoms with Gasteiger partial charge in [-0.25, -0.2) is 0 Å². The van der Waals surface area contributed by atoms with E-state index >= 15 is 0 Å². The van der Waals surface area contributed by atoms with Crippen LogP contribution in [-0.4, -0.2) is 12.6 Å². The Bertz CT molecular complexity index is 313. The second-order valence-corrected chi connectivity index (χ2v) is 9.45. The third-order valence-corrected chi connectivity index (χ3v) is 7.21. The van der Waals surface area contributed by atoms with Crippen LogP contribution in [0.3, 0.4) is 0 Å². The number of nitrogens with one attached hydrogen (secondary N) is 1. The summed E-state index contributed by atoms with van der Waals surface area (Å²) in [6.07, 6.45) is 19.4. The summed E-state index contributed by atoms with van der Waals surface area (Å²) in [7, 11) is 0. The molecule has 2 saturated carbocycles. The van der Waals surface area contributed by atoms with Crippen molar-refractivity contribution in [2.45, 2.75) is 103 Å². The molecule has 0 radical (unpaired) electrons. The maximum Gasteiger partial charge on any atom is 0.00699 e. The van der Waals surface area contributed by atoms with Crippen molar-refractivity contribution < 1.29 is 0 Å². The molecule has 0 aromatic heterocycles. The van der Waals surface area contributed by atoms with E-state index < -0.39 is 0 Å². The molecule has 3 fully saturated rings. The smallest absolute Gasteiger partial charge is 0.00699 e. The third-order valence-electron chi connectivity index (χ3n) is 7.21. The fourth-order valence-electron chi connectivity index (χ4n) is 5.64. The van der Waals surface area contributed by atoms with Crippen molar-refractivity contribution in [2.75, 3.05) is 6.54 Å². The molecular formula is C21H39N. The normalized spacial score (nSPS) is 32.7. The van der Waals surface area contributed by atoms with Crippen molar-refractivity contribution in [3.63, 3.8) is 0 Å². The van der Waals surface area contributed by atoms with Crippen LogP contribution in [0.5, 0.6) is 0 Å². The van der Waals surface area contributed by atoms with E-state index in [0.717, 1.165) is 23.8 Å². The first-order valence-corrected chi connectivity index (χ1v) is 10.4. The van der Waals surface area contributed by atoms with Crippen LogP contribution in [0.4, 0.5) is 0 Å². The quantitative estimate of drug-likeness (QED) is 0.678. The van der Waals surface area contributed by atoms with Gasteiger partial charge in [-0.2, -0.15) is 0 Å². The Morgan fingerprint density at radius 2 is 1.45 bits per heavy atom. The van der Waals surface area contributed by atoms with Crippen molar-refractivity contribution in [1.29, 1.82) is 0 Å². The van der Waals surface area contributed by atoms with Crippen LogP contribution in [0.2, 0.25) is 0 Å². The summed E-state index contributed by atoms with van der Waals surface area (Å²) in [4.78, 5) is 0. The molecule has 1 nitrogen and oxygen atoms in total. The Kier molecular flexibility index (Phi) is 5.87. The molecule has 128 valence electrons. The molecule has 0 spiro atoms. The Morgan fingerprint density at radius 1 is 0.818 bits per heavy atom. The Hall–Kier alpha value is -0.0400. The summed E-state index contributed by atoms with van der Waals surface area (Å²) in [5.74, 6) is 3.13. The monoisotopic (exact) mass is 305 g/mol. The number of hydrogen-bond donors (Lipinski definition) is 1. The Labute approximate surface area is 139 Å². The lowest BCUT2D eigenvalue weighted by Crippen LogP contribution is -2.40. The molecule has 3 rings (SSSR count). The largest absolute Gasteiger partial charge is 0.314 e. The molecule has 0 aromatic carbocycles. The van der Waals surface area contributed by atoms with Gasteiger partial charge in [0.25, 0.3) is 0 Å². The number of hydrogen-bond acceptors (Lipinski definition) is 1. The highest BCUT2D eigenvalue weighted by atomic mass is 14.9. The van der Waals surface area contributed by atoms with E-state index in [2.05, 4.69) is 19.2 Å². The second-order valence-electron chi connectivity index (χ2n) is 9.45. The lowest BCUT2D eigenvalue weighted by Gasteiger charge is -2.43. The van der Waals surface area contributed by atoms with E-state index in [-0.39, 0.29) is 0 Å². The van der Waals surface area contributed by atoms with E-state index in [9.17, 15) is 0 Å². The predicted molar refractivity (Wildman–Crippen MR) is 96.1 cm³/mol. The average Bonchev–Trinajstić information content (AvgIpc) is 2.55. The highest BCUT2D eigenvalue weighted by molar-refractivity contribution is 4.89. The van der Waals surface area contributed by atoms with Gasteiger partial charge in [-0.05, 0) is 74.7 Å². The van der Waals surface area contributed by atoms with E-state index in [0.29, 0.717) is 5.41 Å². The van der Waals surface area contributed by atoms with Crippen LogP contribution in [0.25, 0.3) is 0 Å². The molecule has 1 heterocycles. The number of rotatable bonds is 4. The molecule has 2 unspecified atom stereocenters. The standard InChI is InChI=1S/C21H39N/c1-21(2)13-11-18(12-14-21)20(17-8-4-3-5-9-17)16-19-10-6-7-15-22-19/h17-20,22H,3-16H2,1-2H3. The lowest BCUT2D eigenvalue weighted by atomic mass is 9.63. The molecule has 1 saturated heterocycles. The zero-order valence-corrected chi connectivity index (χ0v) is 15.2. The topological polar surface area (TPSA) is 12.0 Å². The van der Waals surface area contributed by atoms with Gasteiger partial charge in [-0.3, -0.25) is 0 Å². The van der Waals surface area contributed by atoms with Crippen LogP contribution in [0.1, 0.15) is 97.3 Å². The molecule has 2 atom stereocenters. The van der Waals surface area contributed by atoms with E-state index in [1.165, 1.54) is 90.0 Å². The fourth-order valence-corrected chi connectivity index (χ4v) is 5.64. The SMILES string of the molecule is CC1(C)CCC(C(CC2CCCCN2)C2CCCCC2)CC1. The fraction of sp³-hybridized carbons (Fsp3) is 1.00. The zero-order chi connectivity index (χ0) is 15.4. The predicted octanol–water partition coefficient (Wildman–Crippen LogP) is 5.93. The highest BCUT2D eigenvalue weighted by Crippen LogP contribution is 2.46. The van der Waals surface area contributed by atoms with Crippen molar-refractivity contribution in [3.8, 4) is 0 Å². The zero-order valence-electron chi connectivity index (χ0n) is 15.2. The molecule has 1 N–H and O–H groups in total. The lowest BCUT2D eigenvalue weighted by molar-refractivity contribution is 0.0830. The molecule has 0 amide bonds. The van der Waals surface area contributed by atoms with E-state index in [1.54, 1.807) is 0 Å². The van der Waals surface area contributed by atoms with Crippen molar-refractivity contribution in [1.82, 2.24) is 5.32 Å². The molecule has 0 bridgehead atoms. The summed E-state index contributed by atoms with van der Waals surface area (Å²) < 4.78 is 0. The van der Waals surface area contributed by atoms with Crippen molar-refractivity contribution in [2.24, 2.45) is 23.2 Å². The maximum absolute atomic E-state index is 3.84. The van der Waals surface area contributed by atoms with Crippen LogP contribution in [0, 0.1) is 23.2 Å². The minimum atomic E-state index is 0.622. The average molecular weight is 306 g/mol. The Morgan fingerprint density at radius 3 is 2.09 bits per heavy atom. The molecule has 0 aromatic rings. The van der Waals surface area contributed by atoms with Gasteiger partial charge in [0.1, 0.15) is 0 Å². The van der Waals surface area contributed by atoms with Gasteiger partial charge < -0.3 is 5.32 Å². The first-order valence-electron chi connectivity index (χ1n) is 10.4. The van der Waals surface area contributed by atoms with Gasteiger partial charge in [-0.1, -0.05) is 52.4 Å². The van der Waals surface area contributed by atoms with E-state index in [4.69, 9.17) is 0 Å². The van der Waals surface area contributed by atoms with Crippen molar-refractivity contribution in [3.05, 3.63) is 0 Å². The first-order chi connectivity index (χ1) is 10.6. The Balaban J connectivity index is 1.62. The minimum absolute atomic E-state index is 0.622. The van der Waals surface area contributed by atoms with Gasteiger partial charge >= 0.3 is 0 Å². The van der Waals surface area contributed by atoms with E-state index in [1.807, 2.05) is 0 Å². The summed E-state index contributed by atoms with van der Waals surface area (Å²) in [6.45, 7) is 6.25. The summed E-state index contributed by atoms with van der Waals surface area (Å²) in [5.41, 5.74) is 0.622. The van der Waals surface area contributed by atoms with Gasteiger partial charge in [0.05, 0.1) is 0 Å². The maximum atomic E-state index is 3.84. The summed E-state index contributed by atoms with van der Waals surface area (Å²) in [6, 6.07) is 0.843. The van der Waals surface area contributed by atoms with Gasteiger partial charge in [0, 0.05) is 6.04 Å². The summed E-state index contributed by atoms with van der Waals surface area (Å²) in [5, 5.41) is 3.84. The van der Waals surface area contributed by atoms with Crippen LogP contribution in [0.15, 0.2) is 0 Å². The number of piperidine rings is 1. The molecule has 2 aliphatic carbocycles. The van der Waals surface area contributed by atoms with Crippen LogP contribution in [-0.2, 0) is 0 Å². The van der Waals surface area contributed by atoms with Gasteiger partial charge in [0.15, 0.2) is 0 Å². The van der Waals surface area contributed by atoms with Gasteiger partial charge in [0.2, 0.25) is 0 Å². The molecule has 1 heteroatoms. The minimum Gasteiger partial charge on any atom is -0.314 e. The van der Waals surface area contributed by atoms with Crippen LogP contribution >= 0.6 is 0 Å². The first kappa shape index (κ1) is 16.8. The van der Waals surface area contributed by atoms with Gasteiger partial charge in [-0.15, -0.1) is 0 Å². The molecule has 22 heavy (non-hydrogen) atoms. The highest BCUT2D eigenvalue weighted by Gasteiger charge is 2.36.